The van der Waals surface area contributed by atoms with E-state index < -0.39 is 0 Å². The molecule has 5 heteroatoms. The number of nitrogens with one attached hydrogen (secondary N) is 1. The first-order valence-corrected chi connectivity index (χ1v) is 7.53. The SMILES string of the molecule is O=C(C=Cc1ccco1)NC1CCN(C(=O)C2CC2)CC1. The minimum atomic E-state index is -0.113. The van der Waals surface area contributed by atoms with Crippen LogP contribution in [0.15, 0.2) is 28.9 Å². The summed E-state index contributed by atoms with van der Waals surface area (Å²) in [7, 11) is 0. The maximum atomic E-state index is 11.9. The Morgan fingerprint density at radius 1 is 1.24 bits per heavy atom. The van der Waals surface area contributed by atoms with Crippen molar-refractivity contribution in [3.8, 4) is 0 Å². The van der Waals surface area contributed by atoms with Crippen LogP contribution in [-0.2, 0) is 9.59 Å². The number of rotatable bonds is 4. The average Bonchev–Trinajstić information content (AvgIpc) is 3.22. The Balaban J connectivity index is 1.42. The highest BCUT2D eigenvalue weighted by Crippen LogP contribution is 2.31. The molecule has 0 bridgehead atoms. The molecule has 1 saturated carbocycles. The molecule has 1 aliphatic carbocycles. The maximum Gasteiger partial charge on any atom is 0.244 e. The van der Waals surface area contributed by atoms with Gasteiger partial charge in [-0.3, -0.25) is 9.59 Å². The van der Waals surface area contributed by atoms with E-state index in [4.69, 9.17) is 4.42 Å². The fourth-order valence-electron chi connectivity index (χ4n) is 2.63. The summed E-state index contributed by atoms with van der Waals surface area (Å²) in [6, 6.07) is 3.73. The van der Waals surface area contributed by atoms with Crippen LogP contribution >= 0.6 is 0 Å². The Labute approximate surface area is 124 Å². The molecule has 0 radical (unpaired) electrons. The summed E-state index contributed by atoms with van der Waals surface area (Å²) in [6.45, 7) is 1.50. The van der Waals surface area contributed by atoms with Crippen LogP contribution in [0.2, 0.25) is 0 Å². The zero-order chi connectivity index (χ0) is 14.7. The smallest absolute Gasteiger partial charge is 0.244 e. The van der Waals surface area contributed by atoms with Crippen molar-refractivity contribution in [1.82, 2.24) is 10.2 Å². The lowest BCUT2D eigenvalue weighted by Crippen LogP contribution is -2.46. The molecule has 2 aliphatic rings. The lowest BCUT2D eigenvalue weighted by atomic mass is 10.0. The van der Waals surface area contributed by atoms with Gasteiger partial charge in [0, 0.05) is 31.1 Å². The summed E-state index contributed by atoms with van der Waals surface area (Å²) in [4.78, 5) is 25.7. The van der Waals surface area contributed by atoms with Crippen LogP contribution in [0.25, 0.3) is 6.08 Å². The molecule has 1 aliphatic heterocycles. The standard InChI is InChI=1S/C16H20N2O3/c19-15(6-5-14-2-1-11-21-14)17-13-7-9-18(10-8-13)16(20)12-3-4-12/h1-2,5-6,11-13H,3-4,7-10H2,(H,17,19). The molecule has 112 valence electrons. The van der Waals surface area contributed by atoms with Gasteiger partial charge >= 0.3 is 0 Å². The third kappa shape index (κ3) is 3.74. The molecule has 0 unspecified atom stereocenters. The van der Waals surface area contributed by atoms with Gasteiger partial charge in [-0.2, -0.15) is 0 Å². The lowest BCUT2D eigenvalue weighted by Gasteiger charge is -2.32. The van der Waals surface area contributed by atoms with Crippen LogP contribution in [0.4, 0.5) is 0 Å². The van der Waals surface area contributed by atoms with E-state index in [1.54, 1.807) is 24.5 Å². The Morgan fingerprint density at radius 2 is 2.00 bits per heavy atom. The van der Waals surface area contributed by atoms with Crippen LogP contribution in [-0.4, -0.2) is 35.8 Å². The monoisotopic (exact) mass is 288 g/mol. The molecule has 1 aromatic rings. The molecule has 0 atom stereocenters. The van der Waals surface area contributed by atoms with Gasteiger partial charge in [-0.25, -0.2) is 0 Å². The van der Waals surface area contributed by atoms with Gasteiger partial charge in [-0.05, 0) is 43.9 Å². The van der Waals surface area contributed by atoms with E-state index in [0.717, 1.165) is 38.8 Å². The molecular formula is C16H20N2O3. The zero-order valence-corrected chi connectivity index (χ0v) is 12.0. The van der Waals surface area contributed by atoms with E-state index in [0.29, 0.717) is 11.7 Å². The fourth-order valence-corrected chi connectivity index (χ4v) is 2.63. The van der Waals surface area contributed by atoms with Crippen LogP contribution in [0.5, 0.6) is 0 Å². The average molecular weight is 288 g/mol. The van der Waals surface area contributed by atoms with Gasteiger partial charge in [0.1, 0.15) is 5.76 Å². The van der Waals surface area contributed by atoms with Gasteiger partial charge in [0.15, 0.2) is 0 Å². The molecule has 21 heavy (non-hydrogen) atoms. The lowest BCUT2D eigenvalue weighted by molar-refractivity contribution is -0.133. The molecule has 0 aromatic carbocycles. The Kier molecular flexibility index (Phi) is 4.08. The van der Waals surface area contributed by atoms with Crippen molar-refractivity contribution < 1.29 is 14.0 Å². The summed E-state index contributed by atoms with van der Waals surface area (Å²) < 4.78 is 5.13. The first-order valence-electron chi connectivity index (χ1n) is 7.53. The molecule has 0 spiro atoms. The van der Waals surface area contributed by atoms with E-state index in [1.807, 2.05) is 4.90 Å². The van der Waals surface area contributed by atoms with Crippen LogP contribution in [0.1, 0.15) is 31.4 Å². The van der Waals surface area contributed by atoms with Crippen LogP contribution in [0, 0.1) is 5.92 Å². The second-order valence-corrected chi connectivity index (χ2v) is 5.73. The zero-order valence-electron chi connectivity index (χ0n) is 12.0. The molecule has 3 rings (SSSR count). The van der Waals surface area contributed by atoms with Gasteiger partial charge in [0.05, 0.1) is 6.26 Å². The van der Waals surface area contributed by atoms with Crippen molar-refractivity contribution in [3.63, 3.8) is 0 Å². The largest absolute Gasteiger partial charge is 0.465 e. The molecule has 5 nitrogen and oxygen atoms in total. The van der Waals surface area contributed by atoms with Crippen molar-refractivity contribution in [2.75, 3.05) is 13.1 Å². The second-order valence-electron chi connectivity index (χ2n) is 5.73. The first kappa shape index (κ1) is 13.9. The Bertz CT molecular complexity index is 524. The number of amides is 2. The van der Waals surface area contributed by atoms with E-state index in [-0.39, 0.29) is 17.9 Å². The second kappa shape index (κ2) is 6.16. The summed E-state index contributed by atoms with van der Waals surface area (Å²) in [6.07, 6.45) is 8.48. The van der Waals surface area contributed by atoms with Gasteiger partial charge < -0.3 is 14.6 Å². The van der Waals surface area contributed by atoms with E-state index in [1.165, 1.54) is 6.08 Å². The molecule has 2 fully saturated rings. The summed E-state index contributed by atoms with van der Waals surface area (Å²) in [5.41, 5.74) is 0. The summed E-state index contributed by atoms with van der Waals surface area (Å²) >= 11 is 0. The van der Waals surface area contributed by atoms with E-state index in [9.17, 15) is 9.59 Å². The van der Waals surface area contributed by atoms with Crippen molar-refractivity contribution in [3.05, 3.63) is 30.2 Å². The molecule has 2 heterocycles. The number of hydrogen-bond acceptors (Lipinski definition) is 3. The number of hydrogen-bond donors (Lipinski definition) is 1. The maximum absolute atomic E-state index is 11.9. The van der Waals surface area contributed by atoms with E-state index >= 15 is 0 Å². The van der Waals surface area contributed by atoms with Gasteiger partial charge in [-0.1, -0.05) is 0 Å². The highest BCUT2D eigenvalue weighted by atomic mass is 16.3. The van der Waals surface area contributed by atoms with Crippen molar-refractivity contribution in [2.45, 2.75) is 31.7 Å². The van der Waals surface area contributed by atoms with Gasteiger partial charge in [0.2, 0.25) is 11.8 Å². The van der Waals surface area contributed by atoms with E-state index in [2.05, 4.69) is 5.32 Å². The summed E-state index contributed by atoms with van der Waals surface area (Å²) in [5.74, 6) is 1.14. The quantitative estimate of drug-likeness (QED) is 0.859. The fraction of sp³-hybridized carbons (Fsp3) is 0.500. The van der Waals surface area contributed by atoms with Crippen molar-refractivity contribution in [2.24, 2.45) is 5.92 Å². The minimum Gasteiger partial charge on any atom is -0.465 e. The predicted molar refractivity (Wildman–Crippen MR) is 78.2 cm³/mol. The number of piperidine rings is 1. The Hall–Kier alpha value is -2.04. The Morgan fingerprint density at radius 3 is 2.62 bits per heavy atom. The van der Waals surface area contributed by atoms with Crippen LogP contribution < -0.4 is 5.32 Å². The number of carbonyl (C=O) groups excluding carboxylic acids is 2. The predicted octanol–water partition coefficient (Wildman–Crippen LogP) is 1.81. The molecule has 1 N–H and O–H groups in total. The minimum absolute atomic E-state index is 0.113. The van der Waals surface area contributed by atoms with Crippen molar-refractivity contribution >= 4 is 17.9 Å². The normalized spacial score (nSPS) is 19.9. The number of likely N-dealkylation sites (tertiary alicyclic amines) is 1. The number of nitrogens with zero attached hydrogens (tertiary/aromatic N) is 1. The van der Waals surface area contributed by atoms with Crippen molar-refractivity contribution in [1.29, 1.82) is 0 Å². The highest BCUT2D eigenvalue weighted by molar-refractivity contribution is 5.91. The third-order valence-electron chi connectivity index (χ3n) is 4.02. The topological polar surface area (TPSA) is 62.6 Å². The molecule has 2 amide bonds. The molecule has 1 aromatic heterocycles. The third-order valence-corrected chi connectivity index (χ3v) is 4.02. The highest BCUT2D eigenvalue weighted by Gasteiger charge is 2.34. The van der Waals surface area contributed by atoms with Crippen LogP contribution in [0.3, 0.4) is 0 Å². The van der Waals surface area contributed by atoms with Gasteiger partial charge in [0.25, 0.3) is 0 Å². The number of furan rings is 1. The molecule has 1 saturated heterocycles. The summed E-state index contributed by atoms with van der Waals surface area (Å²) in [5, 5.41) is 2.98. The first-order chi connectivity index (χ1) is 10.2. The number of carbonyl (C=O) groups is 2. The van der Waals surface area contributed by atoms with Gasteiger partial charge in [-0.15, -0.1) is 0 Å². The molecular weight excluding hydrogens is 268 g/mol.